The lowest BCUT2D eigenvalue weighted by molar-refractivity contribution is 0.110. The number of hydrogen-bond acceptors (Lipinski definition) is 2. The Labute approximate surface area is 72.2 Å². The van der Waals surface area contributed by atoms with Crippen molar-refractivity contribution in [2.75, 3.05) is 0 Å². The van der Waals surface area contributed by atoms with Crippen LogP contribution in [0.2, 0.25) is 5.02 Å². The Morgan fingerprint density at radius 2 is 2.25 bits per heavy atom. The third kappa shape index (κ3) is 1.76. The summed E-state index contributed by atoms with van der Waals surface area (Å²) in [6.07, 6.45) is -1.36. The normalized spacial score (nSPS) is 10.3. The van der Waals surface area contributed by atoms with Crippen molar-refractivity contribution < 1.29 is 13.6 Å². The number of rotatable bonds is 2. The number of halogens is 3. The molecule has 1 heterocycles. The fourth-order valence-corrected chi connectivity index (χ4v) is 0.909. The van der Waals surface area contributed by atoms with Crippen molar-refractivity contribution in [3.63, 3.8) is 0 Å². The average Bonchev–Trinajstić information content (AvgIpc) is 2.03. The molecule has 0 saturated carbocycles. The molecule has 0 bridgehead atoms. The Balaban J connectivity index is 3.20. The number of aromatic nitrogens is 1. The molecule has 0 amide bonds. The molecule has 12 heavy (non-hydrogen) atoms. The molecule has 0 fully saturated rings. The third-order valence-electron chi connectivity index (χ3n) is 1.25. The fourth-order valence-electron chi connectivity index (χ4n) is 0.742. The second-order valence-corrected chi connectivity index (χ2v) is 2.48. The van der Waals surface area contributed by atoms with Crippen molar-refractivity contribution in [1.82, 2.24) is 4.98 Å². The van der Waals surface area contributed by atoms with Crippen LogP contribution in [0.15, 0.2) is 12.3 Å². The van der Waals surface area contributed by atoms with Crippen LogP contribution in [-0.4, -0.2) is 11.3 Å². The SMILES string of the molecule is O=Cc1cc(Cl)cnc1C(F)F. The number of pyridine rings is 1. The van der Waals surface area contributed by atoms with Gasteiger partial charge in [-0.1, -0.05) is 11.6 Å². The van der Waals surface area contributed by atoms with E-state index in [1.165, 1.54) is 0 Å². The van der Waals surface area contributed by atoms with Gasteiger partial charge in [0.15, 0.2) is 6.29 Å². The van der Waals surface area contributed by atoms with Gasteiger partial charge < -0.3 is 0 Å². The maximum absolute atomic E-state index is 12.1. The third-order valence-corrected chi connectivity index (χ3v) is 1.46. The molecule has 0 N–H and O–H groups in total. The Morgan fingerprint density at radius 1 is 1.58 bits per heavy atom. The van der Waals surface area contributed by atoms with E-state index < -0.39 is 12.1 Å². The van der Waals surface area contributed by atoms with E-state index in [1.807, 2.05) is 0 Å². The van der Waals surface area contributed by atoms with Crippen LogP contribution in [0, 0.1) is 0 Å². The predicted molar refractivity (Wildman–Crippen MR) is 39.6 cm³/mol. The Hall–Kier alpha value is -1.03. The van der Waals surface area contributed by atoms with Gasteiger partial charge in [0.1, 0.15) is 5.69 Å². The Morgan fingerprint density at radius 3 is 2.75 bits per heavy atom. The summed E-state index contributed by atoms with van der Waals surface area (Å²) in [4.78, 5) is 13.6. The highest BCUT2D eigenvalue weighted by atomic mass is 35.5. The zero-order chi connectivity index (χ0) is 9.14. The molecular weight excluding hydrogens is 188 g/mol. The summed E-state index contributed by atoms with van der Waals surface area (Å²) in [5, 5.41) is 0.168. The van der Waals surface area contributed by atoms with Gasteiger partial charge in [0.05, 0.1) is 5.02 Å². The molecule has 2 nitrogen and oxygen atoms in total. The smallest absolute Gasteiger partial charge is 0.281 e. The number of hydrogen-bond donors (Lipinski definition) is 0. The van der Waals surface area contributed by atoms with Gasteiger partial charge in [-0.25, -0.2) is 8.78 Å². The summed E-state index contributed by atoms with van der Waals surface area (Å²) >= 11 is 5.43. The standard InChI is InChI=1S/C7H4ClF2NO/c8-5-1-4(3-12)6(7(9)10)11-2-5/h1-3,7H. The molecule has 0 aromatic carbocycles. The van der Waals surface area contributed by atoms with Gasteiger partial charge >= 0.3 is 0 Å². The molecule has 1 rings (SSSR count). The summed E-state index contributed by atoms with van der Waals surface area (Å²) in [6.45, 7) is 0. The minimum Gasteiger partial charge on any atom is -0.298 e. The van der Waals surface area contributed by atoms with Gasteiger partial charge in [0, 0.05) is 11.8 Å². The molecule has 0 spiro atoms. The number of carbonyl (C=O) groups is 1. The molecular formula is C7H4ClF2NO. The van der Waals surface area contributed by atoms with Gasteiger partial charge in [-0.3, -0.25) is 9.78 Å². The number of carbonyl (C=O) groups excluding carboxylic acids is 1. The first-order valence-electron chi connectivity index (χ1n) is 3.04. The van der Waals surface area contributed by atoms with Crippen LogP contribution in [0.4, 0.5) is 8.78 Å². The summed E-state index contributed by atoms with van der Waals surface area (Å²) in [6, 6.07) is 1.16. The number of nitrogens with zero attached hydrogens (tertiary/aromatic N) is 1. The van der Waals surface area contributed by atoms with Crippen LogP contribution in [0.25, 0.3) is 0 Å². The first-order valence-corrected chi connectivity index (χ1v) is 3.41. The second kappa shape index (κ2) is 3.58. The fraction of sp³-hybridized carbons (Fsp3) is 0.143. The molecule has 64 valence electrons. The maximum atomic E-state index is 12.1. The molecule has 0 saturated heterocycles. The van der Waals surface area contributed by atoms with Gasteiger partial charge in [-0.15, -0.1) is 0 Å². The minimum atomic E-state index is -2.75. The predicted octanol–water partition coefficient (Wildman–Crippen LogP) is 2.49. The molecule has 0 radical (unpaired) electrons. The van der Waals surface area contributed by atoms with E-state index in [9.17, 15) is 13.6 Å². The van der Waals surface area contributed by atoms with Gasteiger partial charge in [-0.2, -0.15) is 0 Å². The average molecular weight is 192 g/mol. The van der Waals surface area contributed by atoms with Crippen molar-refractivity contribution in [1.29, 1.82) is 0 Å². The molecule has 0 aliphatic carbocycles. The summed E-state index contributed by atoms with van der Waals surface area (Å²) in [5.74, 6) is 0. The number of alkyl halides is 2. The lowest BCUT2D eigenvalue weighted by Crippen LogP contribution is -1.96. The summed E-state index contributed by atoms with van der Waals surface area (Å²) in [5.41, 5.74) is -0.702. The summed E-state index contributed by atoms with van der Waals surface area (Å²) in [7, 11) is 0. The largest absolute Gasteiger partial charge is 0.298 e. The molecule has 0 aliphatic rings. The topological polar surface area (TPSA) is 30.0 Å². The van der Waals surface area contributed by atoms with E-state index in [-0.39, 0.29) is 10.6 Å². The lowest BCUT2D eigenvalue weighted by atomic mass is 10.2. The van der Waals surface area contributed by atoms with Crippen molar-refractivity contribution >= 4 is 17.9 Å². The molecule has 1 aromatic rings. The van der Waals surface area contributed by atoms with Gasteiger partial charge in [-0.05, 0) is 6.07 Å². The second-order valence-electron chi connectivity index (χ2n) is 2.05. The van der Waals surface area contributed by atoms with E-state index in [0.29, 0.717) is 6.29 Å². The van der Waals surface area contributed by atoms with E-state index in [4.69, 9.17) is 11.6 Å². The molecule has 5 heteroatoms. The van der Waals surface area contributed by atoms with Crippen LogP contribution >= 0.6 is 11.6 Å². The highest BCUT2D eigenvalue weighted by Gasteiger charge is 2.14. The highest BCUT2D eigenvalue weighted by Crippen LogP contribution is 2.21. The molecule has 1 aromatic heterocycles. The van der Waals surface area contributed by atoms with Crippen LogP contribution in [-0.2, 0) is 0 Å². The molecule has 0 atom stereocenters. The van der Waals surface area contributed by atoms with E-state index in [0.717, 1.165) is 12.3 Å². The first-order chi connectivity index (χ1) is 5.65. The van der Waals surface area contributed by atoms with Crippen LogP contribution < -0.4 is 0 Å². The van der Waals surface area contributed by atoms with Crippen LogP contribution in [0.1, 0.15) is 22.5 Å². The van der Waals surface area contributed by atoms with Crippen LogP contribution in [0.5, 0.6) is 0 Å². The van der Waals surface area contributed by atoms with Crippen LogP contribution in [0.3, 0.4) is 0 Å². The van der Waals surface area contributed by atoms with Gasteiger partial charge in [0.25, 0.3) is 6.43 Å². The van der Waals surface area contributed by atoms with Gasteiger partial charge in [0.2, 0.25) is 0 Å². The Bertz CT molecular complexity index is 303. The van der Waals surface area contributed by atoms with Crippen molar-refractivity contribution in [2.45, 2.75) is 6.43 Å². The Kier molecular flexibility index (Phi) is 2.70. The quantitative estimate of drug-likeness (QED) is 0.673. The first kappa shape index (κ1) is 9.06. The molecule has 0 aliphatic heterocycles. The van der Waals surface area contributed by atoms with E-state index in [1.54, 1.807) is 0 Å². The number of aldehydes is 1. The maximum Gasteiger partial charge on any atom is 0.281 e. The van der Waals surface area contributed by atoms with E-state index >= 15 is 0 Å². The van der Waals surface area contributed by atoms with Crippen molar-refractivity contribution in [3.8, 4) is 0 Å². The minimum absolute atomic E-state index is 0.168. The molecule has 0 unspecified atom stereocenters. The zero-order valence-corrected chi connectivity index (χ0v) is 6.55. The zero-order valence-electron chi connectivity index (χ0n) is 5.80. The monoisotopic (exact) mass is 191 g/mol. The summed E-state index contributed by atoms with van der Waals surface area (Å²) < 4.78 is 24.2. The van der Waals surface area contributed by atoms with Crippen molar-refractivity contribution in [2.24, 2.45) is 0 Å². The lowest BCUT2D eigenvalue weighted by Gasteiger charge is -2.01. The van der Waals surface area contributed by atoms with E-state index in [2.05, 4.69) is 4.98 Å². The highest BCUT2D eigenvalue weighted by molar-refractivity contribution is 6.30. The van der Waals surface area contributed by atoms with Crippen molar-refractivity contribution in [3.05, 3.63) is 28.5 Å².